The van der Waals surface area contributed by atoms with Crippen molar-refractivity contribution >= 4 is 42.8 Å². The van der Waals surface area contributed by atoms with Crippen LogP contribution < -0.4 is 5.32 Å². The number of hydrogen-bond donors (Lipinski definition) is 1. The average molecular weight is 451 g/mol. The molecule has 1 N–H and O–H groups in total. The van der Waals surface area contributed by atoms with Gasteiger partial charge in [0.05, 0.1) is 10.9 Å². The van der Waals surface area contributed by atoms with Crippen LogP contribution >= 0.6 is 15.9 Å². The Morgan fingerprint density at radius 1 is 1.15 bits per heavy atom. The number of nitrogens with one attached hydrogen (secondary N) is 1. The third kappa shape index (κ3) is 3.92. The Bertz CT molecular complexity index is 1070. The lowest BCUT2D eigenvalue weighted by Gasteiger charge is -2.15. The monoisotopic (exact) mass is 450 g/mol. The summed E-state index contributed by atoms with van der Waals surface area (Å²) in [5.74, 6) is 0.244. The van der Waals surface area contributed by atoms with Crippen LogP contribution in [0.1, 0.15) is 29.1 Å². The van der Waals surface area contributed by atoms with E-state index in [0.717, 1.165) is 15.3 Å². The first-order valence-electron chi connectivity index (χ1n) is 8.21. The van der Waals surface area contributed by atoms with Crippen molar-refractivity contribution in [3.8, 4) is 0 Å². The number of carbonyl (C=O) groups excluding carboxylic acids is 1. The van der Waals surface area contributed by atoms with Crippen LogP contribution in [-0.2, 0) is 10.0 Å². The molecule has 0 saturated heterocycles. The molecule has 1 aromatic heterocycles. The maximum atomic E-state index is 12.6. The Kier molecular flexibility index (Phi) is 5.41. The lowest BCUT2D eigenvalue weighted by molar-refractivity contribution is 0.0935. The SMILES string of the molecule is CC(NC(=O)c1ccc(Br)c(S(=O)(=O)N(C)C)c1)c1cc2ccccc2o1. The molecule has 0 saturated carbocycles. The van der Waals surface area contributed by atoms with E-state index in [-0.39, 0.29) is 22.4 Å². The number of halogens is 1. The molecule has 1 unspecified atom stereocenters. The second kappa shape index (κ2) is 7.46. The quantitative estimate of drug-likeness (QED) is 0.638. The molecule has 0 bridgehead atoms. The van der Waals surface area contributed by atoms with Gasteiger partial charge >= 0.3 is 0 Å². The molecule has 1 atom stereocenters. The Balaban J connectivity index is 1.85. The summed E-state index contributed by atoms with van der Waals surface area (Å²) >= 11 is 3.24. The van der Waals surface area contributed by atoms with Gasteiger partial charge in [-0.3, -0.25) is 4.79 Å². The zero-order chi connectivity index (χ0) is 19.8. The summed E-state index contributed by atoms with van der Waals surface area (Å²) < 4.78 is 32.1. The van der Waals surface area contributed by atoms with Crippen molar-refractivity contribution in [1.82, 2.24) is 9.62 Å². The van der Waals surface area contributed by atoms with Gasteiger partial charge in [0.2, 0.25) is 10.0 Å². The summed E-state index contributed by atoms with van der Waals surface area (Å²) in [4.78, 5) is 12.7. The Morgan fingerprint density at radius 3 is 2.52 bits per heavy atom. The normalized spacial score (nSPS) is 13.1. The van der Waals surface area contributed by atoms with Crippen molar-refractivity contribution in [2.45, 2.75) is 17.9 Å². The van der Waals surface area contributed by atoms with E-state index in [4.69, 9.17) is 4.42 Å². The number of furan rings is 1. The summed E-state index contributed by atoms with van der Waals surface area (Å²) in [6.07, 6.45) is 0. The molecule has 142 valence electrons. The maximum Gasteiger partial charge on any atom is 0.251 e. The Hall–Kier alpha value is -2.16. The predicted molar refractivity (Wildman–Crippen MR) is 107 cm³/mol. The van der Waals surface area contributed by atoms with Crippen molar-refractivity contribution < 1.29 is 17.6 Å². The molecule has 0 aliphatic carbocycles. The molecule has 6 nitrogen and oxygen atoms in total. The van der Waals surface area contributed by atoms with Crippen molar-refractivity contribution in [2.24, 2.45) is 0 Å². The number of nitrogens with zero attached hydrogens (tertiary/aromatic N) is 1. The molecule has 27 heavy (non-hydrogen) atoms. The molecule has 3 aromatic rings. The van der Waals surface area contributed by atoms with Crippen LogP contribution in [0.2, 0.25) is 0 Å². The van der Waals surface area contributed by atoms with E-state index in [1.165, 1.54) is 20.2 Å². The number of sulfonamides is 1. The van der Waals surface area contributed by atoms with Gasteiger partial charge in [0, 0.05) is 29.5 Å². The molecule has 0 radical (unpaired) electrons. The molecular formula is C19H19BrN2O4S. The van der Waals surface area contributed by atoms with Gasteiger partial charge in [0.25, 0.3) is 5.91 Å². The van der Waals surface area contributed by atoms with Crippen molar-refractivity contribution in [2.75, 3.05) is 14.1 Å². The van der Waals surface area contributed by atoms with Crippen LogP contribution in [0.5, 0.6) is 0 Å². The van der Waals surface area contributed by atoms with Gasteiger partial charge in [-0.25, -0.2) is 12.7 Å². The molecule has 0 aliphatic rings. The van der Waals surface area contributed by atoms with E-state index in [0.29, 0.717) is 10.2 Å². The number of fused-ring (bicyclic) bond motifs is 1. The van der Waals surface area contributed by atoms with Gasteiger partial charge in [-0.1, -0.05) is 18.2 Å². The smallest absolute Gasteiger partial charge is 0.251 e. The molecule has 1 heterocycles. The van der Waals surface area contributed by atoms with Gasteiger partial charge in [-0.2, -0.15) is 0 Å². The molecule has 2 aromatic carbocycles. The Morgan fingerprint density at radius 2 is 1.85 bits per heavy atom. The lowest BCUT2D eigenvalue weighted by Crippen LogP contribution is -2.27. The molecular weight excluding hydrogens is 432 g/mol. The summed E-state index contributed by atoms with van der Waals surface area (Å²) in [7, 11) is -0.788. The average Bonchev–Trinajstić information content (AvgIpc) is 3.06. The van der Waals surface area contributed by atoms with Gasteiger partial charge in [0.15, 0.2) is 0 Å². The van der Waals surface area contributed by atoms with Crippen LogP contribution in [-0.4, -0.2) is 32.7 Å². The topological polar surface area (TPSA) is 79.6 Å². The molecule has 3 rings (SSSR count). The highest BCUT2D eigenvalue weighted by atomic mass is 79.9. The summed E-state index contributed by atoms with van der Waals surface area (Å²) in [5, 5.41) is 3.80. The third-order valence-corrected chi connectivity index (χ3v) is 6.98. The Labute approximate surface area is 166 Å². The van der Waals surface area contributed by atoms with E-state index in [1.807, 2.05) is 37.3 Å². The van der Waals surface area contributed by atoms with Gasteiger partial charge < -0.3 is 9.73 Å². The van der Waals surface area contributed by atoms with Crippen LogP contribution in [0, 0.1) is 0 Å². The molecule has 8 heteroatoms. The van der Waals surface area contributed by atoms with Gasteiger partial charge in [-0.05, 0) is 53.2 Å². The fourth-order valence-electron chi connectivity index (χ4n) is 2.61. The largest absolute Gasteiger partial charge is 0.459 e. The van der Waals surface area contributed by atoms with E-state index >= 15 is 0 Å². The fourth-order valence-corrected chi connectivity index (χ4v) is 4.45. The summed E-state index contributed by atoms with van der Waals surface area (Å²) in [6, 6.07) is 13.6. The van der Waals surface area contributed by atoms with Crippen LogP contribution in [0.15, 0.2) is 62.3 Å². The molecule has 0 spiro atoms. The van der Waals surface area contributed by atoms with Crippen LogP contribution in [0.3, 0.4) is 0 Å². The van der Waals surface area contributed by atoms with Gasteiger partial charge in [-0.15, -0.1) is 0 Å². The number of para-hydroxylation sites is 1. The summed E-state index contributed by atoms with van der Waals surface area (Å²) in [5.41, 5.74) is 0.998. The lowest BCUT2D eigenvalue weighted by atomic mass is 10.1. The maximum absolute atomic E-state index is 12.6. The number of amides is 1. The zero-order valence-electron chi connectivity index (χ0n) is 15.1. The third-order valence-electron chi connectivity index (χ3n) is 4.17. The highest BCUT2D eigenvalue weighted by Crippen LogP contribution is 2.27. The number of benzene rings is 2. The first-order valence-corrected chi connectivity index (χ1v) is 10.4. The van der Waals surface area contributed by atoms with E-state index in [9.17, 15) is 13.2 Å². The second-order valence-electron chi connectivity index (χ2n) is 6.31. The highest BCUT2D eigenvalue weighted by Gasteiger charge is 2.23. The first-order chi connectivity index (χ1) is 12.7. The number of hydrogen-bond acceptors (Lipinski definition) is 4. The highest BCUT2D eigenvalue weighted by molar-refractivity contribution is 9.10. The van der Waals surface area contributed by atoms with E-state index in [1.54, 1.807) is 12.1 Å². The molecule has 0 fully saturated rings. The standard InChI is InChI=1S/C19H19BrN2O4S/c1-12(17-10-13-6-4-5-7-16(13)26-17)21-19(23)14-8-9-15(20)18(11-14)27(24,25)22(2)3/h4-12H,1-3H3,(H,21,23). The van der Waals surface area contributed by atoms with Crippen molar-refractivity contribution in [3.05, 3.63) is 64.3 Å². The van der Waals surface area contributed by atoms with Crippen LogP contribution in [0.4, 0.5) is 0 Å². The predicted octanol–water partition coefficient (Wildman–Crippen LogP) is 3.94. The fraction of sp³-hybridized carbons (Fsp3) is 0.211. The zero-order valence-corrected chi connectivity index (χ0v) is 17.5. The minimum atomic E-state index is -3.67. The minimum absolute atomic E-state index is 0.0385. The minimum Gasteiger partial charge on any atom is -0.459 e. The number of rotatable bonds is 5. The van der Waals surface area contributed by atoms with E-state index < -0.39 is 10.0 Å². The molecule has 0 aliphatic heterocycles. The summed E-state index contributed by atoms with van der Waals surface area (Å²) in [6.45, 7) is 1.81. The first kappa shape index (κ1) is 19.6. The van der Waals surface area contributed by atoms with E-state index in [2.05, 4.69) is 21.2 Å². The van der Waals surface area contributed by atoms with Crippen molar-refractivity contribution in [1.29, 1.82) is 0 Å². The van der Waals surface area contributed by atoms with Gasteiger partial charge in [0.1, 0.15) is 11.3 Å². The molecule has 1 amide bonds. The van der Waals surface area contributed by atoms with Crippen LogP contribution in [0.25, 0.3) is 11.0 Å². The number of carbonyl (C=O) groups is 1. The second-order valence-corrected chi connectivity index (χ2v) is 9.29. The van der Waals surface area contributed by atoms with Crippen molar-refractivity contribution in [3.63, 3.8) is 0 Å².